The van der Waals surface area contributed by atoms with E-state index >= 15 is 0 Å². The van der Waals surface area contributed by atoms with Crippen LogP contribution in [0.25, 0.3) is 6.08 Å². The molecule has 166 valence electrons. The first-order valence-electron chi connectivity index (χ1n) is 11.0. The highest BCUT2D eigenvalue weighted by molar-refractivity contribution is 5.53. The fourth-order valence-corrected chi connectivity index (χ4v) is 3.11. The normalized spacial score (nSPS) is 11.7. The Bertz CT molecular complexity index is 1060. The minimum absolute atomic E-state index is 0.694. The molecule has 0 bridgehead atoms. The molecule has 4 heteroatoms. The van der Waals surface area contributed by atoms with E-state index in [2.05, 4.69) is 55.9 Å². The van der Waals surface area contributed by atoms with E-state index in [0.717, 1.165) is 29.4 Å². The number of nitrogens with two attached hydrogens (primary N) is 1. The summed E-state index contributed by atoms with van der Waals surface area (Å²) in [7, 11) is 1.85. The molecule has 1 heterocycles. The van der Waals surface area contributed by atoms with E-state index in [0.29, 0.717) is 5.56 Å². The maximum absolute atomic E-state index is 8.43. The Balaban J connectivity index is 0.000000174. The fraction of sp³-hybridized carbons (Fsp3) is 0.286. The van der Waals surface area contributed by atoms with Gasteiger partial charge in [-0.05, 0) is 92.3 Å². The van der Waals surface area contributed by atoms with E-state index in [-0.39, 0.29) is 0 Å². The summed E-state index contributed by atoms with van der Waals surface area (Å²) >= 11 is 0. The molecular weight excluding hydrogens is 392 g/mol. The highest BCUT2D eigenvalue weighted by Gasteiger charge is 2.25. The minimum Gasteiger partial charge on any atom is -0.399 e. The van der Waals surface area contributed by atoms with Crippen LogP contribution in [0.5, 0.6) is 0 Å². The lowest BCUT2D eigenvalue weighted by atomic mass is 10.1. The van der Waals surface area contributed by atoms with Crippen molar-refractivity contribution in [3.63, 3.8) is 0 Å². The average Bonchev–Trinajstić information content (AvgIpc) is 3.67. The predicted molar refractivity (Wildman–Crippen MR) is 137 cm³/mol. The van der Waals surface area contributed by atoms with Gasteiger partial charge in [-0.1, -0.05) is 31.7 Å². The smallest absolute Gasteiger partial charge is 0.0991 e. The van der Waals surface area contributed by atoms with Gasteiger partial charge in [-0.25, -0.2) is 0 Å². The van der Waals surface area contributed by atoms with Crippen molar-refractivity contribution in [1.29, 1.82) is 5.26 Å². The zero-order valence-electron chi connectivity index (χ0n) is 19.7. The molecule has 0 aliphatic heterocycles. The molecule has 0 amide bonds. The van der Waals surface area contributed by atoms with E-state index < -0.39 is 0 Å². The van der Waals surface area contributed by atoms with Crippen molar-refractivity contribution >= 4 is 17.5 Å². The summed E-state index contributed by atoms with van der Waals surface area (Å²) in [4.78, 5) is 4.60. The zero-order valence-corrected chi connectivity index (χ0v) is 19.7. The number of pyridine rings is 1. The van der Waals surface area contributed by atoms with Gasteiger partial charge < -0.3 is 11.1 Å². The van der Waals surface area contributed by atoms with Crippen LogP contribution in [0, 0.1) is 25.2 Å². The van der Waals surface area contributed by atoms with Crippen LogP contribution in [-0.4, -0.2) is 12.0 Å². The fourth-order valence-electron chi connectivity index (χ4n) is 3.11. The van der Waals surface area contributed by atoms with E-state index in [1.807, 2.05) is 43.5 Å². The maximum atomic E-state index is 8.43. The molecule has 4 nitrogen and oxygen atoms in total. The first-order valence-corrected chi connectivity index (χ1v) is 11.0. The van der Waals surface area contributed by atoms with Gasteiger partial charge in [0.15, 0.2) is 0 Å². The van der Waals surface area contributed by atoms with Gasteiger partial charge in [0.1, 0.15) is 0 Å². The van der Waals surface area contributed by atoms with E-state index in [9.17, 15) is 0 Å². The first kappa shape index (κ1) is 24.7. The third-order valence-electron chi connectivity index (χ3n) is 5.45. The van der Waals surface area contributed by atoms with Crippen molar-refractivity contribution in [2.75, 3.05) is 18.1 Å². The van der Waals surface area contributed by atoms with Crippen molar-refractivity contribution in [2.45, 2.75) is 46.0 Å². The molecule has 0 unspecified atom stereocenters. The number of aryl methyl sites for hydroxylation is 2. The highest BCUT2D eigenvalue weighted by atomic mass is 14.8. The monoisotopic (exact) mass is 426 g/mol. The molecule has 3 N–H and O–H groups in total. The van der Waals surface area contributed by atoms with Gasteiger partial charge >= 0.3 is 0 Å². The van der Waals surface area contributed by atoms with Crippen molar-refractivity contribution in [2.24, 2.45) is 0 Å². The molecule has 3 aromatic rings. The first-order chi connectivity index (χ1) is 15.4. The highest BCUT2D eigenvalue weighted by Crippen LogP contribution is 2.39. The number of anilines is 2. The predicted octanol–water partition coefficient (Wildman–Crippen LogP) is 6.65. The Morgan fingerprint density at radius 2 is 1.84 bits per heavy atom. The van der Waals surface area contributed by atoms with Gasteiger partial charge in [-0.2, -0.15) is 5.26 Å². The molecule has 0 atom stereocenters. The number of benzene rings is 2. The van der Waals surface area contributed by atoms with Crippen LogP contribution in [0.4, 0.5) is 11.4 Å². The van der Waals surface area contributed by atoms with Gasteiger partial charge in [-0.3, -0.25) is 4.98 Å². The third kappa shape index (κ3) is 7.59. The number of nitrogens with zero attached hydrogens (tertiary/aromatic N) is 2. The van der Waals surface area contributed by atoms with Crippen molar-refractivity contribution in [3.05, 3.63) is 94.8 Å². The number of hydrogen-bond donors (Lipinski definition) is 2. The molecule has 0 saturated heterocycles. The second-order valence-electron chi connectivity index (χ2n) is 7.86. The molecule has 1 aliphatic rings. The van der Waals surface area contributed by atoms with Gasteiger partial charge in [0.2, 0.25) is 0 Å². The summed E-state index contributed by atoms with van der Waals surface area (Å²) < 4.78 is 0. The van der Waals surface area contributed by atoms with E-state index in [1.165, 1.54) is 35.2 Å². The lowest BCUT2D eigenvalue weighted by Gasteiger charge is -2.07. The molecule has 1 fully saturated rings. The van der Waals surface area contributed by atoms with Crippen LogP contribution < -0.4 is 11.1 Å². The number of nitrogen functional groups attached to an aromatic ring is 1. The Labute approximate surface area is 192 Å². The van der Waals surface area contributed by atoms with Gasteiger partial charge in [0, 0.05) is 35.7 Å². The summed E-state index contributed by atoms with van der Waals surface area (Å²) in [6, 6.07) is 19.5. The SMILES string of the molecule is C=Cc1cc(C2CC2)nc(C)c1C.CCc1cccc(N)c1.CNc1ccc(C#N)cc1. The Morgan fingerprint density at radius 1 is 1.16 bits per heavy atom. The third-order valence-corrected chi connectivity index (χ3v) is 5.45. The lowest BCUT2D eigenvalue weighted by molar-refractivity contribution is 0.979. The average molecular weight is 427 g/mol. The maximum Gasteiger partial charge on any atom is 0.0991 e. The number of nitriles is 1. The Morgan fingerprint density at radius 3 is 2.31 bits per heavy atom. The topological polar surface area (TPSA) is 74.7 Å². The molecule has 0 radical (unpaired) electrons. The van der Waals surface area contributed by atoms with Crippen molar-refractivity contribution in [3.8, 4) is 6.07 Å². The molecule has 1 aliphatic carbocycles. The number of rotatable bonds is 4. The van der Waals surface area contributed by atoms with Crippen LogP contribution in [-0.2, 0) is 6.42 Å². The van der Waals surface area contributed by atoms with E-state index in [1.54, 1.807) is 12.1 Å². The molecule has 2 aromatic carbocycles. The summed E-state index contributed by atoms with van der Waals surface area (Å²) in [6.07, 6.45) is 5.61. The van der Waals surface area contributed by atoms with Gasteiger partial charge in [-0.15, -0.1) is 0 Å². The molecule has 0 spiro atoms. The summed E-state index contributed by atoms with van der Waals surface area (Å²) in [5.74, 6) is 0.734. The lowest BCUT2D eigenvalue weighted by Crippen LogP contribution is -1.95. The summed E-state index contributed by atoms with van der Waals surface area (Å²) in [5.41, 5.74) is 14.3. The van der Waals surface area contributed by atoms with Crippen LogP contribution >= 0.6 is 0 Å². The van der Waals surface area contributed by atoms with E-state index in [4.69, 9.17) is 11.0 Å². The molecular formula is C28H34N4. The minimum atomic E-state index is 0.694. The van der Waals surface area contributed by atoms with Gasteiger partial charge in [0.05, 0.1) is 11.6 Å². The summed E-state index contributed by atoms with van der Waals surface area (Å²) in [5, 5.41) is 11.4. The van der Waals surface area contributed by atoms with Gasteiger partial charge in [0.25, 0.3) is 0 Å². The van der Waals surface area contributed by atoms with Crippen LogP contribution in [0.1, 0.15) is 59.3 Å². The zero-order chi connectivity index (χ0) is 23.5. The van der Waals surface area contributed by atoms with Crippen molar-refractivity contribution < 1.29 is 0 Å². The second kappa shape index (κ2) is 12.3. The largest absolute Gasteiger partial charge is 0.399 e. The summed E-state index contributed by atoms with van der Waals surface area (Å²) in [6.45, 7) is 10.1. The van der Waals surface area contributed by atoms with Crippen LogP contribution in [0.2, 0.25) is 0 Å². The Kier molecular flexibility index (Phi) is 9.50. The molecule has 32 heavy (non-hydrogen) atoms. The quantitative estimate of drug-likeness (QED) is 0.458. The number of aromatic nitrogens is 1. The number of nitrogens with one attached hydrogen (secondary N) is 1. The van der Waals surface area contributed by atoms with Crippen LogP contribution in [0.3, 0.4) is 0 Å². The molecule has 1 aromatic heterocycles. The molecule has 1 saturated carbocycles. The molecule has 4 rings (SSSR count). The Hall–Kier alpha value is -3.58. The standard InChI is InChI=1S/C12H15N.C8H8N2.C8H11N/c1-4-10-7-12(11-5-6-11)13-9(3)8(10)2;1-10-8-4-2-7(6-9)3-5-8;1-2-7-4-3-5-8(9)6-7/h4,7,11H,1,5-6H2,2-3H3;2-5,10H,1H3;3-6H,2,9H2,1H3. The van der Waals surface area contributed by atoms with Crippen molar-refractivity contribution in [1.82, 2.24) is 4.98 Å². The second-order valence-corrected chi connectivity index (χ2v) is 7.86. The van der Waals surface area contributed by atoms with Crippen LogP contribution in [0.15, 0.2) is 61.2 Å². The number of hydrogen-bond acceptors (Lipinski definition) is 4.